The average molecular weight is 707 g/mol. The van der Waals surface area contributed by atoms with Gasteiger partial charge in [-0.2, -0.15) is 0 Å². The monoisotopic (exact) mass is 705 g/mol. The van der Waals surface area contributed by atoms with Crippen molar-refractivity contribution in [2.45, 2.75) is 75.9 Å². The number of nitrogens with zero attached hydrogens (tertiary/aromatic N) is 2. The van der Waals surface area contributed by atoms with Crippen LogP contribution in [0.4, 0.5) is 5.69 Å². The van der Waals surface area contributed by atoms with E-state index >= 15 is 0 Å². The van der Waals surface area contributed by atoms with Crippen LogP contribution in [0, 0.1) is 13.8 Å². The van der Waals surface area contributed by atoms with Gasteiger partial charge in [-0.25, -0.2) is 8.42 Å². The Morgan fingerprint density at radius 2 is 1.48 bits per heavy atom. The molecule has 252 valence electrons. The van der Waals surface area contributed by atoms with Crippen molar-refractivity contribution < 1.29 is 18.0 Å². The second-order valence-electron chi connectivity index (χ2n) is 12.5. The molecule has 5 rings (SSSR count). The maximum absolute atomic E-state index is 14.7. The van der Waals surface area contributed by atoms with Crippen LogP contribution < -0.4 is 9.62 Å². The third-order valence-corrected chi connectivity index (χ3v) is 11.3. The van der Waals surface area contributed by atoms with E-state index in [9.17, 15) is 18.0 Å². The van der Waals surface area contributed by atoms with Crippen LogP contribution in [0.5, 0.6) is 0 Å². The second-order valence-corrected chi connectivity index (χ2v) is 15.1. The lowest BCUT2D eigenvalue weighted by Gasteiger charge is -2.35. The minimum atomic E-state index is -4.30. The molecule has 4 aromatic rings. The van der Waals surface area contributed by atoms with Crippen molar-refractivity contribution in [2.24, 2.45) is 0 Å². The highest BCUT2D eigenvalue weighted by molar-refractivity contribution is 7.92. The average Bonchev–Trinajstić information content (AvgIpc) is 3.07. The van der Waals surface area contributed by atoms with Gasteiger partial charge in [-0.05, 0) is 62.1 Å². The highest BCUT2D eigenvalue weighted by Crippen LogP contribution is 2.36. The fourth-order valence-corrected chi connectivity index (χ4v) is 8.01. The molecule has 0 unspecified atom stereocenters. The zero-order valence-corrected chi connectivity index (χ0v) is 29.6. The number of anilines is 1. The minimum absolute atomic E-state index is 0.00180. The fraction of sp³-hybridized carbons (Fsp3) is 0.316. The highest BCUT2D eigenvalue weighted by Gasteiger charge is 2.36. The molecule has 1 aliphatic carbocycles. The SMILES string of the molecule is Cc1ccc(S(=O)(=O)N(CC(=O)N(Cc2cccc(C)c2)[C@H](Cc2ccccc2)C(=O)NC2CCCCC2)c2cccc(Cl)c2Cl)cc1. The standard InChI is InChI=1S/C38H41Cl2N3O4S/c1-27-19-21-32(22-20-27)48(46,47)43(34-18-10-17-33(39)37(34)40)26-36(44)42(25-30-14-9-11-28(2)23-30)35(24-29-12-5-3-6-13-29)38(45)41-31-15-7-4-8-16-31/h3,5-6,9-14,17-23,31,35H,4,7-8,15-16,24-26H2,1-2H3,(H,41,45)/t35-/m1/s1. The number of sulfonamides is 1. The molecule has 4 aromatic carbocycles. The molecule has 1 aliphatic rings. The molecular weight excluding hydrogens is 665 g/mol. The maximum Gasteiger partial charge on any atom is 0.264 e. The van der Waals surface area contributed by atoms with Crippen molar-refractivity contribution in [3.05, 3.63) is 129 Å². The number of carbonyl (C=O) groups is 2. The summed E-state index contributed by atoms with van der Waals surface area (Å²) in [4.78, 5) is 30.5. The summed E-state index contributed by atoms with van der Waals surface area (Å²) < 4.78 is 29.6. The van der Waals surface area contributed by atoms with Crippen LogP contribution >= 0.6 is 23.2 Å². The number of carbonyl (C=O) groups excluding carboxylic acids is 2. The Balaban J connectivity index is 1.59. The summed E-state index contributed by atoms with van der Waals surface area (Å²) in [6.45, 7) is 3.31. The first-order valence-electron chi connectivity index (χ1n) is 16.3. The molecule has 0 aliphatic heterocycles. The zero-order valence-electron chi connectivity index (χ0n) is 27.2. The summed E-state index contributed by atoms with van der Waals surface area (Å²) in [5.74, 6) is -0.816. The number of hydrogen-bond acceptors (Lipinski definition) is 4. The summed E-state index contributed by atoms with van der Waals surface area (Å²) >= 11 is 13.0. The summed E-state index contributed by atoms with van der Waals surface area (Å²) in [6.07, 6.45) is 5.21. The number of benzene rings is 4. The van der Waals surface area contributed by atoms with E-state index in [-0.39, 0.29) is 45.5 Å². The quantitative estimate of drug-likeness (QED) is 0.162. The number of halogens is 2. The van der Waals surface area contributed by atoms with Gasteiger partial charge in [0.25, 0.3) is 10.0 Å². The highest BCUT2D eigenvalue weighted by atomic mass is 35.5. The molecule has 48 heavy (non-hydrogen) atoms. The van der Waals surface area contributed by atoms with Crippen LogP contribution in [0.1, 0.15) is 54.4 Å². The predicted molar refractivity (Wildman–Crippen MR) is 193 cm³/mol. The lowest BCUT2D eigenvalue weighted by atomic mass is 9.94. The zero-order chi connectivity index (χ0) is 34.3. The van der Waals surface area contributed by atoms with Crippen molar-refractivity contribution in [2.75, 3.05) is 10.8 Å². The van der Waals surface area contributed by atoms with Gasteiger partial charge in [-0.1, -0.05) is 126 Å². The van der Waals surface area contributed by atoms with Crippen LogP contribution in [0.3, 0.4) is 0 Å². The lowest BCUT2D eigenvalue weighted by Crippen LogP contribution is -2.55. The van der Waals surface area contributed by atoms with Gasteiger partial charge in [0.2, 0.25) is 11.8 Å². The molecule has 1 atom stereocenters. The molecular formula is C38H41Cl2N3O4S. The van der Waals surface area contributed by atoms with E-state index in [0.29, 0.717) is 0 Å². The molecule has 1 saturated carbocycles. The molecule has 0 aromatic heterocycles. The Morgan fingerprint density at radius 1 is 0.812 bits per heavy atom. The molecule has 0 spiro atoms. The molecule has 1 N–H and O–H groups in total. The van der Waals surface area contributed by atoms with Gasteiger partial charge in [0, 0.05) is 19.0 Å². The Hall–Kier alpha value is -3.85. The molecule has 0 radical (unpaired) electrons. The molecule has 1 fully saturated rings. The first-order chi connectivity index (χ1) is 23.0. The van der Waals surface area contributed by atoms with E-state index < -0.39 is 28.5 Å². The van der Waals surface area contributed by atoms with Crippen molar-refractivity contribution in [3.63, 3.8) is 0 Å². The molecule has 0 bridgehead atoms. The topological polar surface area (TPSA) is 86.8 Å². The van der Waals surface area contributed by atoms with Gasteiger partial charge in [-0.3, -0.25) is 13.9 Å². The number of amides is 2. The smallest absolute Gasteiger partial charge is 0.264 e. The first kappa shape index (κ1) is 35.5. The first-order valence-corrected chi connectivity index (χ1v) is 18.5. The van der Waals surface area contributed by atoms with E-state index in [1.807, 2.05) is 68.4 Å². The molecule has 7 nitrogen and oxygen atoms in total. The summed E-state index contributed by atoms with van der Waals surface area (Å²) in [5, 5.41) is 3.38. The number of aryl methyl sites for hydroxylation is 2. The minimum Gasteiger partial charge on any atom is -0.352 e. The third-order valence-electron chi connectivity index (χ3n) is 8.75. The molecule has 2 amide bonds. The normalized spacial score (nSPS) is 14.2. The summed E-state index contributed by atoms with van der Waals surface area (Å²) in [6, 6.07) is 27.5. The van der Waals surface area contributed by atoms with E-state index in [4.69, 9.17) is 23.2 Å². The maximum atomic E-state index is 14.7. The number of rotatable bonds is 12. The van der Waals surface area contributed by atoms with E-state index in [0.717, 1.165) is 58.7 Å². The summed E-state index contributed by atoms with van der Waals surface area (Å²) in [5.41, 5.74) is 3.65. The second kappa shape index (κ2) is 16.0. The Morgan fingerprint density at radius 3 is 2.17 bits per heavy atom. The van der Waals surface area contributed by atoms with Crippen molar-refractivity contribution in [1.82, 2.24) is 10.2 Å². The lowest BCUT2D eigenvalue weighted by molar-refractivity contribution is -0.140. The summed E-state index contributed by atoms with van der Waals surface area (Å²) in [7, 11) is -4.30. The Labute approximate surface area is 293 Å². The van der Waals surface area contributed by atoms with Crippen molar-refractivity contribution >= 4 is 50.7 Å². The predicted octanol–water partition coefficient (Wildman–Crippen LogP) is 7.89. The van der Waals surface area contributed by atoms with E-state index in [1.54, 1.807) is 24.3 Å². The molecule has 0 heterocycles. The third kappa shape index (κ3) is 8.78. The largest absolute Gasteiger partial charge is 0.352 e. The fourth-order valence-electron chi connectivity index (χ4n) is 6.14. The van der Waals surface area contributed by atoms with Crippen molar-refractivity contribution in [3.8, 4) is 0 Å². The number of nitrogens with one attached hydrogen (secondary N) is 1. The van der Waals surface area contributed by atoms with Gasteiger partial charge in [0.05, 0.1) is 20.6 Å². The van der Waals surface area contributed by atoms with Gasteiger partial charge < -0.3 is 10.2 Å². The van der Waals surface area contributed by atoms with Gasteiger partial charge in [0.15, 0.2) is 0 Å². The molecule has 0 saturated heterocycles. The van der Waals surface area contributed by atoms with E-state index in [2.05, 4.69) is 5.32 Å². The van der Waals surface area contributed by atoms with Crippen LogP contribution in [-0.4, -0.2) is 43.8 Å². The Kier molecular flexibility index (Phi) is 11.8. The number of hydrogen-bond donors (Lipinski definition) is 1. The Bertz CT molecular complexity index is 1830. The molecule has 10 heteroatoms. The van der Waals surface area contributed by atoms with Crippen LogP contribution in [0.15, 0.2) is 102 Å². The van der Waals surface area contributed by atoms with E-state index in [1.165, 1.54) is 23.1 Å². The van der Waals surface area contributed by atoms with Crippen LogP contribution in [0.25, 0.3) is 0 Å². The van der Waals surface area contributed by atoms with Gasteiger partial charge >= 0.3 is 0 Å². The van der Waals surface area contributed by atoms with Gasteiger partial charge in [-0.15, -0.1) is 0 Å². The van der Waals surface area contributed by atoms with Gasteiger partial charge in [0.1, 0.15) is 12.6 Å². The van der Waals surface area contributed by atoms with Crippen LogP contribution in [-0.2, 0) is 32.6 Å². The van der Waals surface area contributed by atoms with Crippen molar-refractivity contribution in [1.29, 1.82) is 0 Å². The van der Waals surface area contributed by atoms with Crippen LogP contribution in [0.2, 0.25) is 10.0 Å².